The molecule has 8 heteroatoms. The van der Waals surface area contributed by atoms with Crippen LogP contribution in [0.15, 0.2) is 58.8 Å². The molecule has 0 aliphatic heterocycles. The first kappa shape index (κ1) is 20.7. The lowest BCUT2D eigenvalue weighted by Crippen LogP contribution is -2.26. The van der Waals surface area contributed by atoms with E-state index in [1.165, 1.54) is 18.4 Å². The van der Waals surface area contributed by atoms with E-state index >= 15 is 0 Å². The Morgan fingerprint density at radius 1 is 1.17 bits per heavy atom. The monoisotopic (exact) mass is 425 g/mol. The van der Waals surface area contributed by atoms with E-state index < -0.39 is 10.0 Å². The third-order valence-electron chi connectivity index (χ3n) is 4.27. The van der Waals surface area contributed by atoms with E-state index in [-0.39, 0.29) is 10.8 Å². The predicted octanol–water partition coefficient (Wildman–Crippen LogP) is 2.67. The van der Waals surface area contributed by atoms with Gasteiger partial charge in [-0.3, -0.25) is 4.79 Å². The zero-order valence-corrected chi connectivity index (χ0v) is 17.3. The Kier molecular flexibility index (Phi) is 6.44. The van der Waals surface area contributed by atoms with Gasteiger partial charge in [0.2, 0.25) is 10.0 Å². The summed E-state index contributed by atoms with van der Waals surface area (Å²) in [7, 11) is -2.16. The number of nitrogens with zero attached hydrogens (tertiary/aromatic N) is 1. The summed E-state index contributed by atoms with van der Waals surface area (Å²) in [6.07, 6.45) is 5.90. The molecular formula is C21H19N3O3S2. The minimum Gasteiger partial charge on any atom is -0.350 e. The van der Waals surface area contributed by atoms with Crippen molar-refractivity contribution in [3.8, 4) is 23.5 Å². The van der Waals surface area contributed by atoms with Crippen LogP contribution in [-0.4, -0.2) is 32.9 Å². The molecule has 1 heterocycles. The Balaban J connectivity index is 1.66. The molecule has 0 spiro atoms. The fourth-order valence-electron chi connectivity index (χ4n) is 2.76. The third kappa shape index (κ3) is 4.90. The van der Waals surface area contributed by atoms with Gasteiger partial charge in [0.05, 0.1) is 4.90 Å². The smallest absolute Gasteiger partial charge is 0.270 e. The van der Waals surface area contributed by atoms with Gasteiger partial charge < -0.3 is 5.32 Å². The van der Waals surface area contributed by atoms with E-state index in [2.05, 4.69) is 20.9 Å². The number of carbonyl (C=O) groups is 1. The Morgan fingerprint density at radius 3 is 2.55 bits per heavy atom. The number of sulfonamides is 1. The maximum absolute atomic E-state index is 12.2. The molecule has 1 aromatic heterocycles. The molecule has 29 heavy (non-hydrogen) atoms. The van der Waals surface area contributed by atoms with Crippen molar-refractivity contribution in [1.82, 2.24) is 15.0 Å². The summed E-state index contributed by atoms with van der Waals surface area (Å²) < 4.78 is 26.8. The Labute approximate surface area is 174 Å². The molecular weight excluding hydrogens is 406 g/mol. The molecule has 0 radical (unpaired) electrons. The summed E-state index contributed by atoms with van der Waals surface area (Å²) in [6.45, 7) is 0.450. The molecule has 0 saturated heterocycles. The van der Waals surface area contributed by atoms with E-state index in [4.69, 9.17) is 6.42 Å². The number of amides is 1. The molecule has 0 aliphatic rings. The van der Waals surface area contributed by atoms with Gasteiger partial charge in [0.25, 0.3) is 5.91 Å². The minimum absolute atomic E-state index is 0.233. The lowest BCUT2D eigenvalue weighted by molar-refractivity contribution is 0.0950. The van der Waals surface area contributed by atoms with Crippen LogP contribution in [0.25, 0.3) is 11.1 Å². The van der Waals surface area contributed by atoms with Crippen LogP contribution in [-0.2, 0) is 16.4 Å². The van der Waals surface area contributed by atoms with Gasteiger partial charge in [-0.05, 0) is 36.6 Å². The van der Waals surface area contributed by atoms with Crippen molar-refractivity contribution in [3.63, 3.8) is 0 Å². The number of thiazole rings is 1. The fraction of sp³-hybridized carbons (Fsp3) is 0.143. The molecule has 2 N–H and O–H groups in total. The minimum atomic E-state index is -3.55. The van der Waals surface area contributed by atoms with Crippen LogP contribution in [0.2, 0.25) is 0 Å². The lowest BCUT2D eigenvalue weighted by atomic mass is 10.0. The van der Waals surface area contributed by atoms with Gasteiger partial charge >= 0.3 is 0 Å². The molecule has 2 aromatic carbocycles. The van der Waals surface area contributed by atoms with Crippen LogP contribution in [0.4, 0.5) is 0 Å². The van der Waals surface area contributed by atoms with Crippen molar-refractivity contribution in [2.75, 3.05) is 13.6 Å². The fourth-order valence-corrected chi connectivity index (χ4v) is 4.31. The normalized spacial score (nSPS) is 11.0. The average molecular weight is 426 g/mol. The molecule has 6 nitrogen and oxygen atoms in total. The lowest BCUT2D eigenvalue weighted by Gasteiger charge is -2.10. The summed E-state index contributed by atoms with van der Waals surface area (Å²) in [5.74, 6) is 2.15. The van der Waals surface area contributed by atoms with Crippen LogP contribution in [0.3, 0.4) is 0 Å². The average Bonchev–Trinajstić information content (AvgIpc) is 3.24. The summed E-state index contributed by atoms with van der Waals surface area (Å²) >= 11 is 1.26. The largest absolute Gasteiger partial charge is 0.350 e. The second-order valence-electron chi connectivity index (χ2n) is 6.09. The molecule has 0 atom stereocenters. The van der Waals surface area contributed by atoms with Gasteiger partial charge in [0.15, 0.2) is 5.01 Å². The standard InChI is InChI=1S/C21H19N3O3S2/c1-3-20-24-18(14-28-20)21(25)23-13-12-15-8-10-16(11-9-15)17-6-4-5-7-19(17)29(26,27)22-2/h1,4-11,14,22H,12-13H2,2H3,(H,23,25). The molecule has 1 amide bonds. The van der Waals surface area contributed by atoms with E-state index in [1.54, 1.807) is 29.6 Å². The maximum atomic E-state index is 12.2. The number of hydrogen-bond acceptors (Lipinski definition) is 5. The quantitative estimate of drug-likeness (QED) is 0.570. The van der Waals surface area contributed by atoms with Crippen molar-refractivity contribution in [3.05, 3.63) is 70.2 Å². The molecule has 0 bridgehead atoms. The number of benzene rings is 2. The highest BCUT2D eigenvalue weighted by Gasteiger charge is 2.17. The van der Waals surface area contributed by atoms with Crippen LogP contribution >= 0.6 is 11.3 Å². The number of carbonyl (C=O) groups excluding carboxylic acids is 1. The number of hydrogen-bond donors (Lipinski definition) is 2. The zero-order chi connectivity index (χ0) is 20.9. The number of terminal acetylenes is 1. The maximum Gasteiger partial charge on any atom is 0.270 e. The van der Waals surface area contributed by atoms with Crippen molar-refractivity contribution >= 4 is 27.3 Å². The number of nitrogens with one attached hydrogen (secondary N) is 2. The van der Waals surface area contributed by atoms with E-state index in [1.807, 2.05) is 24.3 Å². The molecule has 0 aliphatic carbocycles. The summed E-state index contributed by atoms with van der Waals surface area (Å²) in [5.41, 5.74) is 2.78. The molecule has 3 rings (SSSR count). The Bertz CT molecular complexity index is 1160. The highest BCUT2D eigenvalue weighted by Crippen LogP contribution is 2.27. The van der Waals surface area contributed by atoms with Gasteiger partial charge in [-0.2, -0.15) is 0 Å². The first-order chi connectivity index (χ1) is 13.9. The molecule has 3 aromatic rings. The van der Waals surface area contributed by atoms with Crippen LogP contribution in [0.1, 0.15) is 21.1 Å². The van der Waals surface area contributed by atoms with Crippen LogP contribution in [0, 0.1) is 12.3 Å². The summed E-state index contributed by atoms with van der Waals surface area (Å²) in [4.78, 5) is 16.3. The van der Waals surface area contributed by atoms with E-state index in [0.717, 1.165) is 11.1 Å². The first-order valence-electron chi connectivity index (χ1n) is 8.77. The SMILES string of the molecule is C#Cc1nc(C(=O)NCCc2ccc(-c3ccccc3S(=O)(=O)NC)cc2)cs1. The number of aromatic nitrogens is 1. The van der Waals surface area contributed by atoms with Crippen molar-refractivity contribution in [2.24, 2.45) is 0 Å². The molecule has 148 valence electrons. The van der Waals surface area contributed by atoms with E-state index in [0.29, 0.717) is 29.2 Å². The van der Waals surface area contributed by atoms with Gasteiger partial charge in [-0.15, -0.1) is 17.8 Å². The third-order valence-corrected chi connectivity index (χ3v) is 6.52. The van der Waals surface area contributed by atoms with Gasteiger partial charge in [-0.25, -0.2) is 18.1 Å². The van der Waals surface area contributed by atoms with Crippen LogP contribution < -0.4 is 10.0 Å². The first-order valence-corrected chi connectivity index (χ1v) is 11.1. The second kappa shape index (κ2) is 9.01. The summed E-state index contributed by atoms with van der Waals surface area (Å²) in [5, 5.41) is 4.93. The van der Waals surface area contributed by atoms with Crippen LogP contribution in [0.5, 0.6) is 0 Å². The van der Waals surface area contributed by atoms with Crippen molar-refractivity contribution in [2.45, 2.75) is 11.3 Å². The van der Waals surface area contributed by atoms with Gasteiger partial charge in [0, 0.05) is 17.5 Å². The van der Waals surface area contributed by atoms with Gasteiger partial charge in [0.1, 0.15) is 5.69 Å². The highest BCUT2D eigenvalue weighted by molar-refractivity contribution is 7.89. The van der Waals surface area contributed by atoms with Crippen molar-refractivity contribution in [1.29, 1.82) is 0 Å². The highest BCUT2D eigenvalue weighted by atomic mass is 32.2. The molecule has 0 saturated carbocycles. The number of rotatable bonds is 7. The second-order valence-corrected chi connectivity index (χ2v) is 8.80. The Morgan fingerprint density at radius 2 is 1.90 bits per heavy atom. The molecule has 0 unspecified atom stereocenters. The topological polar surface area (TPSA) is 88.2 Å². The predicted molar refractivity (Wildman–Crippen MR) is 114 cm³/mol. The van der Waals surface area contributed by atoms with E-state index in [9.17, 15) is 13.2 Å². The molecule has 0 fully saturated rings. The van der Waals surface area contributed by atoms with Gasteiger partial charge in [-0.1, -0.05) is 42.5 Å². The van der Waals surface area contributed by atoms with Crippen molar-refractivity contribution < 1.29 is 13.2 Å². The Hall–Kier alpha value is -2.99. The zero-order valence-electron chi connectivity index (χ0n) is 15.7. The summed E-state index contributed by atoms with van der Waals surface area (Å²) in [6, 6.07) is 14.4.